The molecule has 0 N–H and O–H groups in total. The Balaban J connectivity index is 0.000000156. The second-order valence-corrected chi connectivity index (χ2v) is 17.1. The number of hydrogen-bond acceptors (Lipinski definition) is 1. The number of benzene rings is 5. The van der Waals surface area contributed by atoms with Crippen molar-refractivity contribution in [3.63, 3.8) is 0 Å². The predicted molar refractivity (Wildman–Crippen MR) is 232 cm³/mol. The molecule has 53 heavy (non-hydrogen) atoms. The Bertz CT molecular complexity index is 2320. The first-order chi connectivity index (χ1) is 25.4. The summed E-state index contributed by atoms with van der Waals surface area (Å²) in [5.41, 5.74) is 19.4. The third-order valence-corrected chi connectivity index (χ3v) is 13.0. The second kappa shape index (κ2) is 14.5. The highest BCUT2D eigenvalue weighted by Crippen LogP contribution is 2.52. The topological polar surface area (TPSA) is 0 Å². The van der Waals surface area contributed by atoms with Crippen LogP contribution in [0.1, 0.15) is 90.6 Å². The van der Waals surface area contributed by atoms with E-state index in [1.807, 2.05) is 36.0 Å². The van der Waals surface area contributed by atoms with Crippen molar-refractivity contribution in [2.75, 3.05) is 0 Å². The number of allylic oxidation sites excluding steroid dienone is 8. The second-order valence-electron chi connectivity index (χ2n) is 15.9. The number of aryl methyl sites for hydroxylation is 3. The Hall–Kier alpha value is -4.85. The van der Waals surface area contributed by atoms with E-state index in [0.717, 1.165) is 0 Å². The van der Waals surface area contributed by atoms with Crippen LogP contribution >= 0.6 is 11.8 Å². The molecule has 0 nitrogen and oxygen atoms in total. The van der Waals surface area contributed by atoms with Gasteiger partial charge in [-0.3, -0.25) is 0 Å². The Kier molecular flexibility index (Phi) is 10.0. The van der Waals surface area contributed by atoms with E-state index in [2.05, 4.69) is 183 Å². The molecule has 0 aromatic heterocycles. The largest absolute Gasteiger partial charge is 0.117 e. The Morgan fingerprint density at radius 2 is 1.36 bits per heavy atom. The Morgan fingerprint density at radius 3 is 2.08 bits per heavy atom. The molecule has 5 aromatic carbocycles. The lowest BCUT2D eigenvalue weighted by Gasteiger charge is -2.24. The number of rotatable bonds is 3. The highest BCUT2D eigenvalue weighted by molar-refractivity contribution is 8.00. The van der Waals surface area contributed by atoms with Gasteiger partial charge in [-0.1, -0.05) is 185 Å². The first-order valence-corrected chi connectivity index (χ1v) is 19.9. The van der Waals surface area contributed by atoms with Crippen LogP contribution in [0.25, 0.3) is 22.3 Å². The van der Waals surface area contributed by atoms with Crippen LogP contribution in [0.4, 0.5) is 0 Å². The highest BCUT2D eigenvalue weighted by atomic mass is 32.2. The lowest BCUT2D eigenvalue weighted by atomic mass is 9.80. The standard InChI is InChI=1S/C29H28S.C16H16.C7H8/c1-6-9-21-22-14-12-19(16-26(22)29(4,5)25(21)7-2)20-13-15-23-24-11-8-10-18(3)28(24)30-27(23)17-20;1-11-8-9-13-12-6-4-5-7-14(12)16(2,3)15(13)10-11;1-7-5-3-2-4-6-7/h6-17,23,27H,2H2,1,3-5H3;4-10H,1-3H3;2-6H,1H3/b9-6-;;. The van der Waals surface area contributed by atoms with Crippen LogP contribution in [0.3, 0.4) is 0 Å². The summed E-state index contributed by atoms with van der Waals surface area (Å²) in [7, 11) is 0. The molecule has 5 aromatic rings. The summed E-state index contributed by atoms with van der Waals surface area (Å²) in [6.07, 6.45) is 13.6. The SMILES string of the molecule is C=CC1=C(/C=C\C)c2ccc(C3=CC4Sc5c(C)cccc5C4C=C3)cc2C1(C)C.Cc1ccc2c(c1)C(C)(C)c1ccccc1-2.Cc1ccccc1. The van der Waals surface area contributed by atoms with E-state index in [4.69, 9.17) is 0 Å². The summed E-state index contributed by atoms with van der Waals surface area (Å²) < 4.78 is 0. The fourth-order valence-corrected chi connectivity index (χ4v) is 10.1. The van der Waals surface area contributed by atoms with E-state index in [1.54, 1.807) is 0 Å². The van der Waals surface area contributed by atoms with Crippen molar-refractivity contribution in [3.8, 4) is 11.1 Å². The molecule has 0 saturated carbocycles. The van der Waals surface area contributed by atoms with Crippen molar-refractivity contribution in [1.29, 1.82) is 0 Å². The molecular weight excluding hydrogens is 657 g/mol. The van der Waals surface area contributed by atoms with Crippen LogP contribution in [0.15, 0.2) is 163 Å². The van der Waals surface area contributed by atoms with Gasteiger partial charge in [-0.25, -0.2) is 0 Å². The summed E-state index contributed by atoms with van der Waals surface area (Å²) in [5, 5.41) is 0.489. The molecule has 1 heterocycles. The normalized spacial score (nSPS) is 19.1. The van der Waals surface area contributed by atoms with E-state index in [9.17, 15) is 0 Å². The van der Waals surface area contributed by atoms with Gasteiger partial charge >= 0.3 is 0 Å². The van der Waals surface area contributed by atoms with Crippen molar-refractivity contribution in [2.45, 2.75) is 82.3 Å². The van der Waals surface area contributed by atoms with Gasteiger partial charge in [0.2, 0.25) is 0 Å². The van der Waals surface area contributed by atoms with E-state index in [-0.39, 0.29) is 10.8 Å². The molecule has 9 rings (SSSR count). The summed E-state index contributed by atoms with van der Waals surface area (Å²) in [5.74, 6) is 0.495. The van der Waals surface area contributed by atoms with Crippen LogP contribution < -0.4 is 0 Å². The molecule has 1 aliphatic heterocycles. The highest BCUT2D eigenvalue weighted by Gasteiger charge is 2.37. The summed E-state index contributed by atoms with van der Waals surface area (Å²) in [4.78, 5) is 1.47. The van der Waals surface area contributed by atoms with Crippen molar-refractivity contribution in [2.24, 2.45) is 0 Å². The first kappa shape index (κ1) is 36.5. The van der Waals surface area contributed by atoms with Gasteiger partial charge in [0.1, 0.15) is 0 Å². The molecule has 0 spiro atoms. The lowest BCUT2D eigenvalue weighted by molar-refractivity contribution is 0.654. The van der Waals surface area contributed by atoms with Crippen LogP contribution in [-0.4, -0.2) is 5.25 Å². The Morgan fingerprint density at radius 1 is 0.660 bits per heavy atom. The molecule has 0 radical (unpaired) electrons. The van der Waals surface area contributed by atoms with Crippen molar-refractivity contribution in [3.05, 3.63) is 208 Å². The zero-order chi connectivity index (χ0) is 37.5. The third-order valence-electron chi connectivity index (χ3n) is 11.5. The van der Waals surface area contributed by atoms with Gasteiger partial charge in [-0.15, -0.1) is 11.8 Å². The van der Waals surface area contributed by atoms with Gasteiger partial charge in [-0.2, -0.15) is 0 Å². The van der Waals surface area contributed by atoms with E-state index in [0.29, 0.717) is 11.2 Å². The maximum absolute atomic E-state index is 4.11. The average molecular weight is 709 g/mol. The van der Waals surface area contributed by atoms with Crippen LogP contribution in [0.5, 0.6) is 0 Å². The first-order valence-electron chi connectivity index (χ1n) is 19.0. The molecule has 0 bridgehead atoms. The molecule has 0 saturated heterocycles. The van der Waals surface area contributed by atoms with E-state index < -0.39 is 0 Å². The van der Waals surface area contributed by atoms with Crippen LogP contribution in [0.2, 0.25) is 0 Å². The minimum atomic E-state index is -0.0289. The quantitative estimate of drug-likeness (QED) is 0.180. The molecule has 0 fully saturated rings. The maximum atomic E-state index is 4.11. The van der Waals surface area contributed by atoms with Crippen molar-refractivity contribution in [1.82, 2.24) is 0 Å². The minimum absolute atomic E-state index is 0.0289. The number of fused-ring (bicyclic) bond motifs is 7. The van der Waals surface area contributed by atoms with Crippen molar-refractivity contribution < 1.29 is 0 Å². The zero-order valence-electron chi connectivity index (χ0n) is 32.6. The van der Waals surface area contributed by atoms with Gasteiger partial charge in [0, 0.05) is 26.9 Å². The monoisotopic (exact) mass is 708 g/mol. The van der Waals surface area contributed by atoms with Gasteiger partial charge in [-0.05, 0) is 101 Å². The number of thioether (sulfide) groups is 1. The lowest BCUT2D eigenvalue weighted by Crippen LogP contribution is -2.16. The fraction of sp³-hybridized carbons (Fsp3) is 0.231. The third kappa shape index (κ3) is 6.66. The average Bonchev–Trinajstić information content (AvgIpc) is 3.72. The fourth-order valence-electron chi connectivity index (χ4n) is 8.63. The molecule has 2 atom stereocenters. The smallest absolute Gasteiger partial charge is 0.0387 e. The maximum Gasteiger partial charge on any atom is 0.0387 e. The zero-order valence-corrected chi connectivity index (χ0v) is 33.4. The van der Waals surface area contributed by atoms with Gasteiger partial charge < -0.3 is 0 Å². The molecular formula is C52H52S. The molecule has 0 amide bonds. The summed E-state index contributed by atoms with van der Waals surface area (Å²) in [6, 6.07) is 39.5. The summed E-state index contributed by atoms with van der Waals surface area (Å²) >= 11 is 2.02. The van der Waals surface area contributed by atoms with Gasteiger partial charge in [0.15, 0.2) is 0 Å². The number of hydrogen-bond donors (Lipinski definition) is 0. The Labute approximate surface area is 322 Å². The van der Waals surface area contributed by atoms with E-state index in [1.165, 1.54) is 82.8 Å². The van der Waals surface area contributed by atoms with Crippen LogP contribution in [0, 0.1) is 20.8 Å². The molecule has 4 aliphatic rings. The van der Waals surface area contributed by atoms with Gasteiger partial charge in [0.25, 0.3) is 0 Å². The van der Waals surface area contributed by atoms with Gasteiger partial charge in [0.05, 0.1) is 0 Å². The predicted octanol–water partition coefficient (Wildman–Crippen LogP) is 14.3. The van der Waals surface area contributed by atoms with Crippen LogP contribution in [-0.2, 0) is 10.8 Å². The summed E-state index contributed by atoms with van der Waals surface area (Å²) in [6.45, 7) is 21.9. The van der Waals surface area contributed by atoms with E-state index >= 15 is 0 Å². The van der Waals surface area contributed by atoms with Crippen molar-refractivity contribution >= 4 is 22.9 Å². The molecule has 3 aliphatic carbocycles. The molecule has 1 heteroatoms. The molecule has 2 unspecified atom stereocenters. The molecule has 266 valence electrons. The minimum Gasteiger partial charge on any atom is -0.117 e.